The molecule has 1 saturated carbocycles. The van der Waals surface area contributed by atoms with Gasteiger partial charge in [-0.2, -0.15) is 13.2 Å². The minimum Gasteiger partial charge on any atom is -0.207 e. The number of fused-ring (bicyclic) bond motifs is 3. The summed E-state index contributed by atoms with van der Waals surface area (Å²) in [6.07, 6.45) is 3.82. The van der Waals surface area contributed by atoms with Crippen molar-refractivity contribution in [3.05, 3.63) is 82.2 Å². The topological polar surface area (TPSA) is 0 Å². The number of allylic oxidation sites excluding steroid dienone is 2. The van der Waals surface area contributed by atoms with Crippen LogP contribution in [0.3, 0.4) is 0 Å². The summed E-state index contributed by atoms with van der Waals surface area (Å²) in [5.41, 5.74) is 0.443. The second-order valence-electron chi connectivity index (χ2n) is 8.99. The third-order valence-corrected chi connectivity index (χ3v) is 7.09. The second-order valence-corrected chi connectivity index (χ2v) is 8.99. The lowest BCUT2D eigenvalue weighted by atomic mass is 9.58. The molecular weight excluding hydrogens is 426 g/mol. The molecule has 2 aliphatic carbocycles. The van der Waals surface area contributed by atoms with Crippen LogP contribution in [0.5, 0.6) is 0 Å². The van der Waals surface area contributed by atoms with E-state index in [1.165, 1.54) is 12.1 Å². The minimum atomic E-state index is -4.75. The van der Waals surface area contributed by atoms with Crippen molar-refractivity contribution >= 4 is 0 Å². The van der Waals surface area contributed by atoms with Crippen molar-refractivity contribution in [2.45, 2.75) is 63.5 Å². The first kappa shape index (κ1) is 22.9. The third kappa shape index (κ3) is 4.33. The summed E-state index contributed by atoms with van der Waals surface area (Å²) < 4.78 is 82.2. The zero-order valence-corrected chi connectivity index (χ0v) is 17.9. The number of alkyl halides is 3. The Kier molecular flexibility index (Phi) is 6.42. The zero-order valence-electron chi connectivity index (χ0n) is 17.9. The van der Waals surface area contributed by atoms with Crippen LogP contribution in [0.15, 0.2) is 42.5 Å². The molecule has 0 N–H and O–H groups in total. The average Bonchev–Trinajstić information content (AvgIpc) is 2.72. The van der Waals surface area contributed by atoms with Crippen LogP contribution >= 0.6 is 0 Å². The third-order valence-electron chi connectivity index (χ3n) is 7.09. The average molecular weight is 452 g/mol. The highest BCUT2D eigenvalue weighted by atomic mass is 19.4. The maximum atomic E-state index is 14.5. The standard InChI is InChI=1S/C26H26F6/c1-2-3-4-5-15-6-8-18-20(10-9-19-21(18)13-17(27)14-23(19)28)25(15)16-7-11-22(24(29)12-16)26(30,31)32/h4-5,7,11-15,18,20,25H,2-3,6,8-10H2,1H3/t15-,18-,20+,25-/m1/s1. The van der Waals surface area contributed by atoms with Gasteiger partial charge < -0.3 is 0 Å². The molecule has 1 fully saturated rings. The first-order valence-corrected chi connectivity index (χ1v) is 11.2. The summed E-state index contributed by atoms with van der Waals surface area (Å²) in [7, 11) is 0. The molecule has 0 amide bonds. The van der Waals surface area contributed by atoms with Gasteiger partial charge in [0.1, 0.15) is 17.5 Å². The monoisotopic (exact) mass is 452 g/mol. The van der Waals surface area contributed by atoms with E-state index < -0.39 is 29.2 Å². The summed E-state index contributed by atoms with van der Waals surface area (Å²) in [4.78, 5) is 0. The van der Waals surface area contributed by atoms with Gasteiger partial charge in [0.25, 0.3) is 0 Å². The molecule has 6 heteroatoms. The Balaban J connectivity index is 1.76. The van der Waals surface area contributed by atoms with Gasteiger partial charge in [-0.15, -0.1) is 0 Å². The van der Waals surface area contributed by atoms with Crippen LogP contribution in [-0.2, 0) is 12.6 Å². The van der Waals surface area contributed by atoms with Crippen LogP contribution in [0.4, 0.5) is 26.3 Å². The molecule has 32 heavy (non-hydrogen) atoms. The number of benzene rings is 2. The maximum Gasteiger partial charge on any atom is 0.419 e. The fraction of sp³-hybridized carbons (Fsp3) is 0.462. The van der Waals surface area contributed by atoms with E-state index in [0.29, 0.717) is 29.5 Å². The molecular formula is C26H26F6. The Morgan fingerprint density at radius 3 is 2.44 bits per heavy atom. The molecule has 0 aliphatic heterocycles. The molecule has 2 aromatic rings. The van der Waals surface area contributed by atoms with Gasteiger partial charge >= 0.3 is 6.18 Å². The lowest BCUT2D eigenvalue weighted by Crippen LogP contribution is -2.35. The summed E-state index contributed by atoms with van der Waals surface area (Å²) in [6, 6.07) is 5.50. The summed E-state index contributed by atoms with van der Waals surface area (Å²) in [5, 5.41) is 0. The van der Waals surface area contributed by atoms with E-state index in [1.807, 2.05) is 0 Å². The highest BCUT2D eigenvalue weighted by Gasteiger charge is 2.44. The van der Waals surface area contributed by atoms with Crippen LogP contribution in [0.1, 0.15) is 73.1 Å². The van der Waals surface area contributed by atoms with Crippen LogP contribution in [0.2, 0.25) is 0 Å². The van der Waals surface area contributed by atoms with Gasteiger partial charge in [-0.25, -0.2) is 13.2 Å². The molecule has 0 radical (unpaired) electrons. The predicted octanol–water partition coefficient (Wildman–Crippen LogP) is 8.32. The van der Waals surface area contributed by atoms with Crippen LogP contribution in [0, 0.1) is 29.3 Å². The summed E-state index contributed by atoms with van der Waals surface area (Å²) in [6.45, 7) is 2.06. The molecule has 2 aromatic carbocycles. The van der Waals surface area contributed by atoms with Gasteiger partial charge in [-0.05, 0) is 90.7 Å². The SMILES string of the molecule is CCCC=C[C@@H]1CC[C@H]2c3cc(F)cc(F)c3CC[C@@H]2[C@H]1c1ccc(C(F)(F)F)c(F)c1. The van der Waals surface area contributed by atoms with E-state index in [-0.39, 0.29) is 23.7 Å². The van der Waals surface area contributed by atoms with Crippen molar-refractivity contribution in [1.82, 2.24) is 0 Å². The largest absolute Gasteiger partial charge is 0.419 e. The number of unbranched alkanes of at least 4 members (excludes halogenated alkanes) is 1. The maximum absolute atomic E-state index is 14.5. The van der Waals surface area contributed by atoms with Gasteiger partial charge in [0.05, 0.1) is 5.56 Å². The number of halogens is 6. The molecule has 172 valence electrons. The summed E-state index contributed by atoms with van der Waals surface area (Å²) >= 11 is 0. The Hall–Kier alpha value is -2.24. The van der Waals surface area contributed by atoms with Crippen molar-refractivity contribution in [1.29, 1.82) is 0 Å². The first-order chi connectivity index (χ1) is 15.2. The molecule has 2 aliphatic rings. The van der Waals surface area contributed by atoms with Gasteiger partial charge in [0, 0.05) is 6.07 Å². The Morgan fingerprint density at radius 2 is 1.75 bits per heavy atom. The minimum absolute atomic E-state index is 0.0233. The van der Waals surface area contributed by atoms with Crippen molar-refractivity contribution in [3.8, 4) is 0 Å². The zero-order chi connectivity index (χ0) is 23.0. The highest BCUT2D eigenvalue weighted by Crippen LogP contribution is 2.54. The normalized spacial score (nSPS) is 25.6. The molecule has 0 unspecified atom stereocenters. The van der Waals surface area contributed by atoms with Crippen molar-refractivity contribution in [3.63, 3.8) is 0 Å². The second kappa shape index (κ2) is 8.95. The molecule has 0 aromatic heterocycles. The molecule has 0 nitrogen and oxygen atoms in total. The molecule has 0 bridgehead atoms. The van der Waals surface area contributed by atoms with Crippen molar-refractivity contribution in [2.75, 3.05) is 0 Å². The fourth-order valence-electron chi connectivity index (χ4n) is 5.75. The van der Waals surface area contributed by atoms with E-state index in [0.717, 1.165) is 43.9 Å². The molecule has 4 rings (SSSR count). The van der Waals surface area contributed by atoms with Crippen molar-refractivity contribution < 1.29 is 26.3 Å². The molecule has 0 saturated heterocycles. The lowest BCUT2D eigenvalue weighted by Gasteiger charge is -2.46. The quantitative estimate of drug-likeness (QED) is 0.323. The number of hydrogen-bond donors (Lipinski definition) is 0. The molecule has 0 spiro atoms. The first-order valence-electron chi connectivity index (χ1n) is 11.2. The van der Waals surface area contributed by atoms with E-state index in [2.05, 4.69) is 19.1 Å². The van der Waals surface area contributed by atoms with Gasteiger partial charge in [-0.3, -0.25) is 0 Å². The highest BCUT2D eigenvalue weighted by molar-refractivity contribution is 5.39. The van der Waals surface area contributed by atoms with Crippen molar-refractivity contribution in [2.24, 2.45) is 11.8 Å². The number of hydrogen-bond acceptors (Lipinski definition) is 0. The van der Waals surface area contributed by atoms with E-state index in [9.17, 15) is 26.3 Å². The summed E-state index contributed by atoms with van der Waals surface area (Å²) in [5.74, 6) is -2.73. The Labute approximate surface area is 184 Å². The Bertz CT molecular complexity index is 1010. The van der Waals surface area contributed by atoms with Crippen LogP contribution in [0.25, 0.3) is 0 Å². The number of rotatable bonds is 4. The smallest absolute Gasteiger partial charge is 0.207 e. The van der Waals surface area contributed by atoms with Gasteiger partial charge in [0.15, 0.2) is 0 Å². The molecule has 4 atom stereocenters. The van der Waals surface area contributed by atoms with E-state index >= 15 is 0 Å². The van der Waals surface area contributed by atoms with Gasteiger partial charge in [-0.1, -0.05) is 31.6 Å². The predicted molar refractivity (Wildman–Crippen MR) is 112 cm³/mol. The van der Waals surface area contributed by atoms with Gasteiger partial charge in [0.2, 0.25) is 0 Å². The van der Waals surface area contributed by atoms with Crippen LogP contribution in [-0.4, -0.2) is 0 Å². The lowest BCUT2D eigenvalue weighted by molar-refractivity contribution is -0.140. The fourth-order valence-corrected chi connectivity index (χ4v) is 5.75. The Morgan fingerprint density at radius 1 is 0.969 bits per heavy atom. The van der Waals surface area contributed by atoms with E-state index in [4.69, 9.17) is 0 Å². The molecule has 0 heterocycles. The van der Waals surface area contributed by atoms with Crippen LogP contribution < -0.4 is 0 Å². The van der Waals surface area contributed by atoms with E-state index in [1.54, 1.807) is 0 Å².